The van der Waals surface area contributed by atoms with Crippen molar-refractivity contribution in [1.29, 1.82) is 0 Å². The Labute approximate surface area is 148 Å². The molecule has 1 N–H and O–H groups in total. The Hall–Kier alpha value is -2.43. The van der Waals surface area contributed by atoms with Crippen molar-refractivity contribution in [3.63, 3.8) is 0 Å². The summed E-state index contributed by atoms with van der Waals surface area (Å²) in [6.07, 6.45) is 6.78. The van der Waals surface area contributed by atoms with Crippen molar-refractivity contribution in [3.05, 3.63) is 53.7 Å². The van der Waals surface area contributed by atoms with Crippen molar-refractivity contribution in [2.75, 3.05) is 18.4 Å². The number of amides is 1. The van der Waals surface area contributed by atoms with Crippen LogP contribution in [0.15, 0.2) is 42.6 Å². The van der Waals surface area contributed by atoms with E-state index in [0.29, 0.717) is 11.9 Å². The summed E-state index contributed by atoms with van der Waals surface area (Å²) in [4.78, 5) is 15.1. The summed E-state index contributed by atoms with van der Waals surface area (Å²) in [5.41, 5.74) is 2.60. The fraction of sp³-hybridized carbons (Fsp3) is 0.450. The smallest absolute Gasteiger partial charge is 0.230 e. The van der Waals surface area contributed by atoms with Crippen LogP contribution in [-0.4, -0.2) is 40.1 Å². The molecular formula is C20H24N4O. The average Bonchev–Trinajstić information content (AvgIpc) is 2.68. The van der Waals surface area contributed by atoms with Gasteiger partial charge in [-0.2, -0.15) is 5.10 Å². The lowest BCUT2D eigenvalue weighted by Crippen LogP contribution is -2.44. The van der Waals surface area contributed by atoms with Crippen LogP contribution in [0.3, 0.4) is 0 Å². The molecule has 1 aliphatic heterocycles. The second-order valence-corrected chi connectivity index (χ2v) is 7.00. The lowest BCUT2D eigenvalue weighted by molar-refractivity contribution is -0.134. The molecule has 4 rings (SSSR count). The molecule has 1 aromatic heterocycles. The summed E-state index contributed by atoms with van der Waals surface area (Å²) in [6.45, 7) is 1.63. The van der Waals surface area contributed by atoms with Gasteiger partial charge in [0.25, 0.3) is 0 Å². The first-order valence-electron chi connectivity index (χ1n) is 9.22. The van der Waals surface area contributed by atoms with E-state index in [9.17, 15) is 4.79 Å². The van der Waals surface area contributed by atoms with Crippen LogP contribution in [-0.2, 0) is 11.2 Å². The minimum absolute atomic E-state index is 0.0504. The Kier molecular flexibility index (Phi) is 4.63. The van der Waals surface area contributed by atoms with Crippen LogP contribution in [0.25, 0.3) is 0 Å². The van der Waals surface area contributed by atoms with Crippen molar-refractivity contribution in [3.8, 4) is 0 Å². The van der Waals surface area contributed by atoms with E-state index in [0.717, 1.165) is 51.0 Å². The first-order chi connectivity index (χ1) is 12.3. The van der Waals surface area contributed by atoms with Gasteiger partial charge in [0.05, 0.1) is 5.92 Å². The highest BCUT2D eigenvalue weighted by Crippen LogP contribution is 2.33. The van der Waals surface area contributed by atoms with E-state index in [1.165, 1.54) is 11.1 Å². The van der Waals surface area contributed by atoms with Gasteiger partial charge < -0.3 is 10.2 Å². The Balaban J connectivity index is 1.37. The zero-order chi connectivity index (χ0) is 17.1. The van der Waals surface area contributed by atoms with E-state index in [-0.39, 0.29) is 5.92 Å². The summed E-state index contributed by atoms with van der Waals surface area (Å²) < 4.78 is 0. The van der Waals surface area contributed by atoms with E-state index in [1.807, 2.05) is 12.1 Å². The Morgan fingerprint density at radius 2 is 1.92 bits per heavy atom. The number of likely N-dealkylation sites (tertiary alicyclic amines) is 1. The van der Waals surface area contributed by atoms with Crippen LogP contribution in [0.5, 0.6) is 0 Å². The maximum Gasteiger partial charge on any atom is 0.230 e. The van der Waals surface area contributed by atoms with E-state index < -0.39 is 0 Å². The molecule has 0 radical (unpaired) electrons. The van der Waals surface area contributed by atoms with Gasteiger partial charge in [-0.05, 0) is 55.4 Å². The van der Waals surface area contributed by atoms with Gasteiger partial charge in [-0.3, -0.25) is 4.79 Å². The molecule has 0 spiro atoms. The molecule has 1 amide bonds. The maximum absolute atomic E-state index is 13.1. The molecule has 2 aromatic rings. The fourth-order valence-corrected chi connectivity index (χ4v) is 4.06. The number of hydrogen-bond acceptors (Lipinski definition) is 4. The zero-order valence-electron chi connectivity index (χ0n) is 14.4. The number of rotatable bonds is 3. The van der Waals surface area contributed by atoms with E-state index >= 15 is 0 Å². The van der Waals surface area contributed by atoms with Crippen LogP contribution in [0.1, 0.15) is 42.7 Å². The average molecular weight is 336 g/mol. The third kappa shape index (κ3) is 3.50. The quantitative estimate of drug-likeness (QED) is 0.936. The molecule has 1 saturated heterocycles. The van der Waals surface area contributed by atoms with Crippen molar-refractivity contribution in [2.45, 2.75) is 44.1 Å². The monoisotopic (exact) mass is 336 g/mol. The molecule has 0 bridgehead atoms. The number of benzene rings is 1. The number of nitrogens with zero attached hydrogens (tertiary/aromatic N) is 3. The van der Waals surface area contributed by atoms with Gasteiger partial charge in [0, 0.05) is 25.3 Å². The number of carbonyl (C=O) groups excluding carboxylic acids is 1. The molecule has 1 fully saturated rings. The molecule has 5 nitrogen and oxygen atoms in total. The number of piperidine rings is 1. The minimum atomic E-state index is 0.0504. The number of fused-ring (bicyclic) bond motifs is 1. The van der Waals surface area contributed by atoms with E-state index in [1.54, 1.807) is 6.20 Å². The number of anilines is 1. The van der Waals surface area contributed by atoms with Crippen LogP contribution < -0.4 is 5.32 Å². The molecule has 1 aromatic carbocycles. The van der Waals surface area contributed by atoms with E-state index in [2.05, 4.69) is 44.7 Å². The summed E-state index contributed by atoms with van der Waals surface area (Å²) in [7, 11) is 0. The van der Waals surface area contributed by atoms with Gasteiger partial charge >= 0.3 is 0 Å². The second kappa shape index (κ2) is 7.21. The second-order valence-electron chi connectivity index (χ2n) is 7.00. The lowest BCUT2D eigenvalue weighted by Gasteiger charge is -2.36. The zero-order valence-corrected chi connectivity index (χ0v) is 14.4. The third-order valence-electron chi connectivity index (χ3n) is 5.40. The molecule has 2 heterocycles. The van der Waals surface area contributed by atoms with Crippen LogP contribution in [0.2, 0.25) is 0 Å². The SMILES string of the molecule is O=C(C1CCCc2ccccc21)N1CCC(Nc2cccnn2)CC1. The number of nitrogens with one attached hydrogen (secondary N) is 1. The first kappa shape index (κ1) is 16.1. The number of aryl methyl sites for hydroxylation is 1. The lowest BCUT2D eigenvalue weighted by atomic mass is 9.82. The van der Waals surface area contributed by atoms with Crippen molar-refractivity contribution < 1.29 is 4.79 Å². The molecule has 0 saturated carbocycles. The number of hydrogen-bond donors (Lipinski definition) is 1. The topological polar surface area (TPSA) is 58.1 Å². The number of carbonyl (C=O) groups is 1. The molecule has 130 valence electrons. The molecule has 25 heavy (non-hydrogen) atoms. The van der Waals surface area contributed by atoms with Gasteiger partial charge in [-0.15, -0.1) is 5.10 Å². The highest BCUT2D eigenvalue weighted by atomic mass is 16.2. The van der Waals surface area contributed by atoms with Gasteiger partial charge in [0.15, 0.2) is 0 Å². The van der Waals surface area contributed by atoms with Crippen molar-refractivity contribution >= 4 is 11.7 Å². The molecule has 1 unspecified atom stereocenters. The third-order valence-corrected chi connectivity index (χ3v) is 5.40. The standard InChI is InChI=1S/C20H24N4O/c25-20(18-8-3-6-15-5-1-2-7-17(15)18)24-13-10-16(11-14-24)22-19-9-4-12-21-23-19/h1-2,4-5,7,9,12,16,18H,3,6,8,10-11,13-14H2,(H,22,23). The first-order valence-corrected chi connectivity index (χ1v) is 9.22. The molecule has 1 aliphatic carbocycles. The molecular weight excluding hydrogens is 312 g/mol. The largest absolute Gasteiger partial charge is 0.366 e. The van der Waals surface area contributed by atoms with E-state index in [4.69, 9.17) is 0 Å². The van der Waals surface area contributed by atoms with Crippen molar-refractivity contribution in [2.24, 2.45) is 0 Å². The van der Waals surface area contributed by atoms with Crippen LogP contribution in [0, 0.1) is 0 Å². The maximum atomic E-state index is 13.1. The summed E-state index contributed by atoms with van der Waals surface area (Å²) in [5.74, 6) is 1.17. The predicted molar refractivity (Wildman–Crippen MR) is 97.4 cm³/mol. The summed E-state index contributed by atoms with van der Waals surface area (Å²) in [5, 5.41) is 11.4. The Bertz CT molecular complexity index is 725. The van der Waals surface area contributed by atoms with Gasteiger partial charge in [0.2, 0.25) is 5.91 Å². The Morgan fingerprint density at radius 1 is 1.08 bits per heavy atom. The predicted octanol–water partition coefficient (Wildman–Crippen LogP) is 3.00. The van der Waals surface area contributed by atoms with Crippen LogP contribution in [0.4, 0.5) is 5.82 Å². The fourth-order valence-electron chi connectivity index (χ4n) is 4.06. The molecule has 2 aliphatic rings. The molecule has 5 heteroatoms. The number of aromatic nitrogens is 2. The normalized spacial score (nSPS) is 20.8. The van der Waals surface area contributed by atoms with Gasteiger partial charge in [0.1, 0.15) is 5.82 Å². The van der Waals surface area contributed by atoms with Gasteiger partial charge in [-0.25, -0.2) is 0 Å². The highest BCUT2D eigenvalue weighted by molar-refractivity contribution is 5.84. The van der Waals surface area contributed by atoms with Crippen LogP contribution >= 0.6 is 0 Å². The summed E-state index contributed by atoms with van der Waals surface area (Å²) >= 11 is 0. The summed E-state index contributed by atoms with van der Waals surface area (Å²) in [6, 6.07) is 12.6. The van der Waals surface area contributed by atoms with Gasteiger partial charge in [-0.1, -0.05) is 24.3 Å². The molecule has 1 atom stereocenters. The minimum Gasteiger partial charge on any atom is -0.366 e. The van der Waals surface area contributed by atoms with Crippen molar-refractivity contribution in [1.82, 2.24) is 15.1 Å². The highest BCUT2D eigenvalue weighted by Gasteiger charge is 2.31. The Morgan fingerprint density at radius 3 is 2.72 bits per heavy atom.